The van der Waals surface area contributed by atoms with Gasteiger partial charge in [-0.3, -0.25) is 14.6 Å². The molecule has 0 bridgehead atoms. The smallest absolute Gasteiger partial charge is 0.366 e. The topological polar surface area (TPSA) is 65.5 Å². The van der Waals surface area contributed by atoms with Crippen LogP contribution in [-0.4, -0.2) is 47.9 Å². The van der Waals surface area contributed by atoms with E-state index in [9.17, 15) is 22.8 Å². The van der Waals surface area contributed by atoms with Crippen molar-refractivity contribution in [1.82, 2.24) is 9.88 Å². The van der Waals surface area contributed by atoms with Gasteiger partial charge in [0.05, 0.1) is 16.9 Å². The molecule has 6 nitrogen and oxygen atoms in total. The molecule has 1 N–H and O–H groups in total. The predicted octanol–water partition coefficient (Wildman–Crippen LogP) is 3.19. The van der Waals surface area contributed by atoms with Crippen molar-refractivity contribution < 1.29 is 22.8 Å². The zero-order valence-corrected chi connectivity index (χ0v) is 15.4. The summed E-state index contributed by atoms with van der Waals surface area (Å²) < 4.78 is 39.5. The number of para-hydroxylation sites is 2. The molecule has 0 aliphatic carbocycles. The van der Waals surface area contributed by atoms with E-state index in [-0.39, 0.29) is 5.91 Å². The molecule has 0 atom stereocenters. The fraction of sp³-hybridized carbons (Fsp3) is 0.250. The summed E-state index contributed by atoms with van der Waals surface area (Å²) in [6.07, 6.45) is -2.48. The van der Waals surface area contributed by atoms with E-state index in [0.717, 1.165) is 12.3 Å². The van der Waals surface area contributed by atoms with Gasteiger partial charge in [0.1, 0.15) is 0 Å². The average molecular weight is 404 g/mol. The highest BCUT2D eigenvalue weighted by Gasteiger charge is 2.37. The largest absolute Gasteiger partial charge is 0.434 e. The number of alkyl halides is 3. The molecule has 0 saturated carbocycles. The van der Waals surface area contributed by atoms with Gasteiger partial charge in [-0.05, 0) is 30.3 Å². The first kappa shape index (κ1) is 20.4. The fourth-order valence-electron chi connectivity index (χ4n) is 3.16. The number of hydrogen-bond acceptors (Lipinski definition) is 4. The number of rotatable bonds is 4. The van der Waals surface area contributed by atoms with E-state index in [2.05, 4.69) is 16.9 Å². The van der Waals surface area contributed by atoms with Crippen LogP contribution in [0.3, 0.4) is 0 Å². The molecule has 3 rings (SSSR count). The number of nitrogens with one attached hydrogen (secondary N) is 1. The van der Waals surface area contributed by atoms with E-state index >= 15 is 0 Å². The maximum atomic E-state index is 13.2. The minimum absolute atomic E-state index is 0.150. The predicted molar refractivity (Wildman–Crippen MR) is 103 cm³/mol. The molecule has 2 amide bonds. The number of carbonyl (C=O) groups is 2. The number of piperazine rings is 1. The Morgan fingerprint density at radius 1 is 1.07 bits per heavy atom. The van der Waals surface area contributed by atoms with Crippen molar-refractivity contribution in [3.05, 3.63) is 66.5 Å². The Labute approximate surface area is 165 Å². The Hall–Kier alpha value is -3.36. The minimum atomic E-state index is -4.73. The molecule has 0 unspecified atom stereocenters. The first-order chi connectivity index (χ1) is 13.8. The Balaban J connectivity index is 1.80. The molecule has 1 saturated heterocycles. The molecular weight excluding hydrogens is 385 g/mol. The second-order valence-corrected chi connectivity index (χ2v) is 6.39. The number of aromatic nitrogens is 1. The molecule has 0 radical (unpaired) electrons. The standard InChI is InChI=1S/C20H19F3N4O2/c1-2-17(28)27-12-10-26(11-13-27)16-8-4-3-7-15(16)25-19(29)14-6-5-9-24-18(14)20(21,22)23/h2-9H,1,10-13H2,(H,25,29). The lowest BCUT2D eigenvalue weighted by Crippen LogP contribution is -2.48. The molecule has 1 aromatic carbocycles. The molecular formula is C20H19F3N4O2. The van der Waals surface area contributed by atoms with Crippen molar-refractivity contribution in [1.29, 1.82) is 0 Å². The van der Waals surface area contributed by atoms with Crippen molar-refractivity contribution in [3.8, 4) is 0 Å². The number of pyridine rings is 1. The molecule has 2 heterocycles. The highest BCUT2D eigenvalue weighted by atomic mass is 19.4. The summed E-state index contributed by atoms with van der Waals surface area (Å²) in [5.74, 6) is -1.04. The summed E-state index contributed by atoms with van der Waals surface area (Å²) in [5.41, 5.74) is -0.718. The third-order valence-corrected chi connectivity index (χ3v) is 4.58. The SMILES string of the molecule is C=CC(=O)N1CCN(c2ccccc2NC(=O)c2cccnc2C(F)(F)F)CC1. The highest BCUT2D eigenvalue weighted by molar-refractivity contribution is 6.06. The molecule has 2 aromatic rings. The lowest BCUT2D eigenvalue weighted by Gasteiger charge is -2.36. The van der Waals surface area contributed by atoms with Gasteiger partial charge in [-0.15, -0.1) is 0 Å². The third-order valence-electron chi connectivity index (χ3n) is 4.58. The Morgan fingerprint density at radius 2 is 1.76 bits per heavy atom. The summed E-state index contributed by atoms with van der Waals surface area (Å²) in [4.78, 5) is 31.2. The summed E-state index contributed by atoms with van der Waals surface area (Å²) in [7, 11) is 0. The van der Waals surface area contributed by atoms with Crippen molar-refractivity contribution >= 4 is 23.2 Å². The number of hydrogen-bond donors (Lipinski definition) is 1. The Morgan fingerprint density at radius 3 is 2.41 bits per heavy atom. The number of nitrogens with zero attached hydrogens (tertiary/aromatic N) is 3. The lowest BCUT2D eigenvalue weighted by molar-refractivity contribution is -0.141. The van der Waals surface area contributed by atoms with Crippen LogP contribution < -0.4 is 10.2 Å². The van der Waals surface area contributed by atoms with E-state index < -0.39 is 23.3 Å². The maximum Gasteiger partial charge on any atom is 0.434 e. The van der Waals surface area contributed by atoms with E-state index in [0.29, 0.717) is 37.6 Å². The van der Waals surface area contributed by atoms with Crippen molar-refractivity contribution in [3.63, 3.8) is 0 Å². The molecule has 1 aliphatic heterocycles. The van der Waals surface area contributed by atoms with Crippen LogP contribution in [0.15, 0.2) is 55.3 Å². The molecule has 9 heteroatoms. The molecule has 1 aliphatic rings. The maximum absolute atomic E-state index is 13.2. The normalized spacial score (nSPS) is 14.4. The summed E-state index contributed by atoms with van der Waals surface area (Å²) >= 11 is 0. The van der Waals surface area contributed by atoms with Crippen molar-refractivity contribution in [2.24, 2.45) is 0 Å². The van der Waals surface area contributed by atoms with E-state index in [1.54, 1.807) is 29.2 Å². The van der Waals surface area contributed by atoms with Crippen LogP contribution in [0.25, 0.3) is 0 Å². The van der Waals surface area contributed by atoms with Gasteiger partial charge in [0.15, 0.2) is 5.69 Å². The third kappa shape index (κ3) is 4.56. The van der Waals surface area contributed by atoms with Gasteiger partial charge in [0.25, 0.3) is 5.91 Å². The van der Waals surface area contributed by atoms with Crippen molar-refractivity contribution in [2.45, 2.75) is 6.18 Å². The van der Waals surface area contributed by atoms with E-state index in [1.807, 2.05) is 4.90 Å². The molecule has 152 valence electrons. The molecule has 29 heavy (non-hydrogen) atoms. The van der Waals surface area contributed by atoms with Gasteiger partial charge in [-0.1, -0.05) is 18.7 Å². The number of anilines is 2. The Kier molecular flexibility index (Phi) is 5.86. The quantitative estimate of drug-likeness (QED) is 0.795. The van der Waals surface area contributed by atoms with Crippen LogP contribution in [0.5, 0.6) is 0 Å². The second-order valence-electron chi connectivity index (χ2n) is 6.39. The summed E-state index contributed by atoms with van der Waals surface area (Å²) in [6.45, 7) is 5.48. The minimum Gasteiger partial charge on any atom is -0.366 e. The summed E-state index contributed by atoms with van der Waals surface area (Å²) in [5, 5.41) is 2.56. The number of carbonyl (C=O) groups excluding carboxylic acids is 2. The number of benzene rings is 1. The number of amides is 2. The van der Waals surface area contributed by atoms with E-state index in [4.69, 9.17) is 0 Å². The average Bonchev–Trinajstić information content (AvgIpc) is 2.73. The van der Waals surface area contributed by atoms with Gasteiger partial charge in [0.2, 0.25) is 5.91 Å². The summed E-state index contributed by atoms with van der Waals surface area (Å²) in [6, 6.07) is 9.23. The van der Waals surface area contributed by atoms with Gasteiger partial charge in [0, 0.05) is 32.4 Å². The van der Waals surface area contributed by atoms with Gasteiger partial charge in [-0.25, -0.2) is 0 Å². The van der Waals surface area contributed by atoms with Crippen LogP contribution in [0.1, 0.15) is 16.1 Å². The van der Waals surface area contributed by atoms with Crippen LogP contribution in [0.4, 0.5) is 24.5 Å². The van der Waals surface area contributed by atoms with Crippen molar-refractivity contribution in [2.75, 3.05) is 36.4 Å². The van der Waals surface area contributed by atoms with Crippen LogP contribution in [-0.2, 0) is 11.0 Å². The van der Waals surface area contributed by atoms with E-state index in [1.165, 1.54) is 12.1 Å². The zero-order valence-electron chi connectivity index (χ0n) is 15.4. The fourth-order valence-corrected chi connectivity index (χ4v) is 3.16. The van der Waals surface area contributed by atoms with Crippen LogP contribution in [0, 0.1) is 0 Å². The van der Waals surface area contributed by atoms with Crippen LogP contribution >= 0.6 is 0 Å². The first-order valence-corrected chi connectivity index (χ1v) is 8.90. The Bertz CT molecular complexity index is 922. The highest BCUT2D eigenvalue weighted by Crippen LogP contribution is 2.32. The molecule has 1 fully saturated rings. The zero-order chi connectivity index (χ0) is 21.0. The van der Waals surface area contributed by atoms with Gasteiger partial charge in [-0.2, -0.15) is 13.2 Å². The second kappa shape index (κ2) is 8.34. The molecule has 0 spiro atoms. The first-order valence-electron chi connectivity index (χ1n) is 8.90. The monoisotopic (exact) mass is 404 g/mol. The van der Waals surface area contributed by atoms with Gasteiger partial charge >= 0.3 is 6.18 Å². The molecule has 1 aromatic heterocycles. The van der Waals surface area contributed by atoms with Crippen LogP contribution in [0.2, 0.25) is 0 Å². The lowest BCUT2D eigenvalue weighted by atomic mass is 10.1. The number of halogens is 3. The van der Waals surface area contributed by atoms with Gasteiger partial charge < -0.3 is 15.1 Å².